The third kappa shape index (κ3) is 3.70. The predicted octanol–water partition coefficient (Wildman–Crippen LogP) is 0.717. The summed E-state index contributed by atoms with van der Waals surface area (Å²) >= 11 is 0. The zero-order chi connectivity index (χ0) is 14.9. The van der Waals surface area contributed by atoms with E-state index in [0.717, 1.165) is 6.26 Å². The zero-order valence-corrected chi connectivity index (χ0v) is 11.5. The second-order valence-electron chi connectivity index (χ2n) is 4.73. The molecule has 0 radical (unpaired) electrons. The van der Waals surface area contributed by atoms with Crippen molar-refractivity contribution >= 4 is 33.3 Å². The summed E-state index contributed by atoms with van der Waals surface area (Å²) in [6.07, 6.45) is 1.36. The molecule has 0 aromatic heterocycles. The zero-order valence-electron chi connectivity index (χ0n) is 10.7. The van der Waals surface area contributed by atoms with Crippen LogP contribution in [0.2, 0.25) is 0 Å². The first-order valence-corrected chi connectivity index (χ1v) is 7.77. The number of carboxylic acid groups (broad SMARTS) is 1. The third-order valence-corrected chi connectivity index (χ3v) is 3.48. The molecule has 1 aliphatic carbocycles. The topological polar surface area (TPSA) is 113 Å². The van der Waals surface area contributed by atoms with Crippen molar-refractivity contribution in [3.05, 3.63) is 24.3 Å². The molecule has 7 nitrogen and oxygen atoms in total. The Hall–Kier alpha value is -2.09. The van der Waals surface area contributed by atoms with Crippen LogP contribution in [0.15, 0.2) is 24.3 Å². The van der Waals surface area contributed by atoms with E-state index in [1.54, 1.807) is 18.2 Å². The van der Waals surface area contributed by atoms with Gasteiger partial charge in [0.05, 0.1) is 23.8 Å². The highest BCUT2D eigenvalue weighted by Crippen LogP contribution is 2.39. The summed E-state index contributed by atoms with van der Waals surface area (Å²) in [5.74, 6) is -2.47. The van der Waals surface area contributed by atoms with Gasteiger partial charge in [-0.15, -0.1) is 0 Å². The molecule has 0 bridgehead atoms. The summed E-state index contributed by atoms with van der Waals surface area (Å²) in [6.45, 7) is 0. The van der Waals surface area contributed by atoms with E-state index in [9.17, 15) is 18.0 Å². The molecule has 2 rings (SSSR count). The second-order valence-corrected chi connectivity index (χ2v) is 6.48. The molecule has 1 aliphatic rings. The molecule has 1 amide bonds. The van der Waals surface area contributed by atoms with Gasteiger partial charge in [0.1, 0.15) is 0 Å². The molecule has 0 saturated heterocycles. The third-order valence-electron chi connectivity index (χ3n) is 2.88. The standard InChI is InChI=1S/C12H14N2O5S/c1-20(18,19)14-8-4-2-3-7(5-8)13-11(15)9-6-10(9)12(16)17/h2-5,9-10,14H,6H2,1H3,(H,13,15)(H,16,17)/t9-,10+/m1/s1. The predicted molar refractivity (Wildman–Crippen MR) is 72.8 cm³/mol. The number of anilines is 2. The molecule has 1 fully saturated rings. The number of hydrogen-bond acceptors (Lipinski definition) is 4. The first kappa shape index (κ1) is 14.3. The van der Waals surface area contributed by atoms with Crippen molar-refractivity contribution < 1.29 is 23.1 Å². The van der Waals surface area contributed by atoms with Crippen molar-refractivity contribution in [2.24, 2.45) is 11.8 Å². The highest BCUT2D eigenvalue weighted by Gasteiger charge is 2.48. The molecule has 1 aromatic rings. The van der Waals surface area contributed by atoms with Crippen LogP contribution in [0.1, 0.15) is 6.42 Å². The van der Waals surface area contributed by atoms with Crippen LogP contribution < -0.4 is 10.0 Å². The van der Waals surface area contributed by atoms with Crippen LogP contribution in [-0.2, 0) is 19.6 Å². The number of benzene rings is 1. The van der Waals surface area contributed by atoms with Gasteiger partial charge in [0.2, 0.25) is 15.9 Å². The van der Waals surface area contributed by atoms with Crippen LogP contribution >= 0.6 is 0 Å². The molecule has 0 aliphatic heterocycles. The van der Waals surface area contributed by atoms with Crippen molar-refractivity contribution in [1.29, 1.82) is 0 Å². The summed E-state index contributed by atoms with van der Waals surface area (Å²) < 4.78 is 24.5. The number of hydrogen-bond donors (Lipinski definition) is 3. The van der Waals surface area contributed by atoms with Crippen LogP contribution in [0, 0.1) is 11.8 Å². The molecule has 20 heavy (non-hydrogen) atoms. The van der Waals surface area contributed by atoms with Gasteiger partial charge in [-0.3, -0.25) is 14.3 Å². The van der Waals surface area contributed by atoms with Gasteiger partial charge in [-0.25, -0.2) is 8.42 Å². The highest BCUT2D eigenvalue weighted by molar-refractivity contribution is 7.92. The van der Waals surface area contributed by atoms with Crippen molar-refractivity contribution in [2.75, 3.05) is 16.3 Å². The van der Waals surface area contributed by atoms with E-state index < -0.39 is 27.8 Å². The maximum absolute atomic E-state index is 11.8. The minimum Gasteiger partial charge on any atom is -0.481 e. The van der Waals surface area contributed by atoms with Gasteiger partial charge in [-0.2, -0.15) is 0 Å². The lowest BCUT2D eigenvalue weighted by molar-refractivity contribution is -0.139. The molecule has 108 valence electrons. The SMILES string of the molecule is CS(=O)(=O)Nc1cccc(NC(=O)[C@@H]2C[C@@H]2C(=O)O)c1. The molecule has 2 atom stereocenters. The highest BCUT2D eigenvalue weighted by atomic mass is 32.2. The summed E-state index contributed by atoms with van der Waals surface area (Å²) in [6, 6.07) is 6.21. The van der Waals surface area contributed by atoms with E-state index in [1.807, 2.05) is 0 Å². The molecular weight excluding hydrogens is 284 g/mol. The number of sulfonamides is 1. The van der Waals surface area contributed by atoms with Crippen LogP contribution in [0.3, 0.4) is 0 Å². The summed E-state index contributed by atoms with van der Waals surface area (Å²) in [7, 11) is -3.39. The summed E-state index contributed by atoms with van der Waals surface area (Å²) in [4.78, 5) is 22.5. The number of carboxylic acids is 1. The molecule has 0 unspecified atom stereocenters. The molecule has 0 heterocycles. The van der Waals surface area contributed by atoms with Gasteiger partial charge in [0.15, 0.2) is 0 Å². The number of aliphatic carboxylic acids is 1. The number of amides is 1. The Balaban J connectivity index is 2.02. The van der Waals surface area contributed by atoms with E-state index in [2.05, 4.69) is 10.0 Å². The van der Waals surface area contributed by atoms with Crippen molar-refractivity contribution in [3.8, 4) is 0 Å². The maximum Gasteiger partial charge on any atom is 0.307 e. The Bertz CT molecular complexity index is 656. The summed E-state index contributed by atoms with van der Waals surface area (Å²) in [5, 5.41) is 11.3. The van der Waals surface area contributed by atoms with Crippen LogP contribution in [0.4, 0.5) is 11.4 Å². The Kier molecular flexibility index (Phi) is 3.67. The lowest BCUT2D eigenvalue weighted by Gasteiger charge is -2.08. The minimum atomic E-state index is -3.39. The van der Waals surface area contributed by atoms with E-state index in [1.165, 1.54) is 6.07 Å². The van der Waals surface area contributed by atoms with E-state index in [4.69, 9.17) is 5.11 Å². The fourth-order valence-electron chi connectivity index (χ4n) is 1.87. The van der Waals surface area contributed by atoms with Crippen LogP contribution in [0.5, 0.6) is 0 Å². The van der Waals surface area contributed by atoms with Gasteiger partial charge < -0.3 is 10.4 Å². The second kappa shape index (κ2) is 5.12. The van der Waals surface area contributed by atoms with Gasteiger partial charge >= 0.3 is 5.97 Å². The van der Waals surface area contributed by atoms with Crippen LogP contribution in [0.25, 0.3) is 0 Å². The summed E-state index contributed by atoms with van der Waals surface area (Å²) in [5.41, 5.74) is 0.746. The maximum atomic E-state index is 11.8. The first-order valence-electron chi connectivity index (χ1n) is 5.88. The smallest absolute Gasteiger partial charge is 0.307 e. The average molecular weight is 298 g/mol. The molecule has 3 N–H and O–H groups in total. The molecule has 8 heteroatoms. The van der Waals surface area contributed by atoms with E-state index >= 15 is 0 Å². The monoisotopic (exact) mass is 298 g/mol. The molecule has 1 saturated carbocycles. The van der Waals surface area contributed by atoms with Gasteiger partial charge in [0, 0.05) is 5.69 Å². The molecular formula is C12H14N2O5S. The van der Waals surface area contributed by atoms with Gasteiger partial charge in [-0.05, 0) is 24.6 Å². The Morgan fingerprint density at radius 2 is 1.90 bits per heavy atom. The Morgan fingerprint density at radius 3 is 2.45 bits per heavy atom. The van der Waals surface area contributed by atoms with Crippen molar-refractivity contribution in [2.45, 2.75) is 6.42 Å². The van der Waals surface area contributed by atoms with Crippen LogP contribution in [-0.4, -0.2) is 31.7 Å². The lowest BCUT2D eigenvalue weighted by Crippen LogP contribution is -2.17. The normalized spacial score (nSPS) is 21.1. The fourth-order valence-corrected chi connectivity index (χ4v) is 2.42. The Labute approximate surface area is 116 Å². The number of rotatable bonds is 5. The first-order chi connectivity index (χ1) is 9.26. The van der Waals surface area contributed by atoms with Gasteiger partial charge in [0.25, 0.3) is 0 Å². The van der Waals surface area contributed by atoms with E-state index in [-0.39, 0.29) is 5.91 Å². The van der Waals surface area contributed by atoms with E-state index in [0.29, 0.717) is 17.8 Å². The Morgan fingerprint density at radius 1 is 1.25 bits per heavy atom. The molecule has 1 aromatic carbocycles. The molecule has 0 spiro atoms. The number of nitrogens with one attached hydrogen (secondary N) is 2. The fraction of sp³-hybridized carbons (Fsp3) is 0.333. The minimum absolute atomic E-state index is 0.330. The largest absolute Gasteiger partial charge is 0.481 e. The van der Waals surface area contributed by atoms with Gasteiger partial charge in [-0.1, -0.05) is 6.07 Å². The number of carbonyl (C=O) groups excluding carboxylic acids is 1. The van der Waals surface area contributed by atoms with Crippen molar-refractivity contribution in [3.63, 3.8) is 0 Å². The van der Waals surface area contributed by atoms with Crippen molar-refractivity contribution in [1.82, 2.24) is 0 Å². The number of carbonyl (C=O) groups is 2. The quantitative estimate of drug-likeness (QED) is 0.741. The average Bonchev–Trinajstić information content (AvgIpc) is 3.06. The lowest BCUT2D eigenvalue weighted by atomic mass is 10.2.